The van der Waals surface area contributed by atoms with Gasteiger partial charge in [-0.2, -0.15) is 0 Å². The maximum atomic E-state index is 6.75. The molecule has 7 aromatic carbocycles. The topological polar surface area (TPSA) is 51.8 Å². The molecule has 0 amide bonds. The van der Waals surface area contributed by atoms with Gasteiger partial charge in [0, 0.05) is 33.0 Å². The lowest BCUT2D eigenvalue weighted by Crippen LogP contribution is -2.00. The lowest BCUT2D eigenvalue weighted by atomic mass is 9.92. The molecular formula is C45H29N3O. The van der Waals surface area contributed by atoms with Crippen molar-refractivity contribution < 1.29 is 4.42 Å². The molecule has 9 aromatic rings. The Balaban J connectivity index is 1.20. The molecule has 0 radical (unpaired) electrons. The number of hydrogen-bond donors (Lipinski definition) is 0. The van der Waals surface area contributed by atoms with Crippen LogP contribution in [-0.2, 0) is 0 Å². The minimum atomic E-state index is 0.596. The standard InChI is InChI=1S/C45H29N3O/c1-5-14-30(15-6-1)35-26-36(31-16-7-2-8-17-31)28-37(27-35)38-22-13-23-40-39-25-24-34(29-41(39)49-42(38)40)45-47-43(32-18-9-3-10-19-32)46-44(48-45)33-20-11-4-12-21-33/h1-29H. The third-order valence-electron chi connectivity index (χ3n) is 8.91. The van der Waals surface area contributed by atoms with Crippen LogP contribution < -0.4 is 0 Å². The van der Waals surface area contributed by atoms with E-state index in [0.717, 1.165) is 60.9 Å². The highest BCUT2D eigenvalue weighted by Gasteiger charge is 2.17. The van der Waals surface area contributed by atoms with E-state index in [2.05, 4.69) is 109 Å². The highest BCUT2D eigenvalue weighted by molar-refractivity contribution is 6.10. The molecule has 2 aromatic heterocycles. The monoisotopic (exact) mass is 627 g/mol. The third-order valence-corrected chi connectivity index (χ3v) is 8.91. The van der Waals surface area contributed by atoms with Gasteiger partial charge in [0.25, 0.3) is 0 Å². The van der Waals surface area contributed by atoms with Gasteiger partial charge in [-0.1, -0.05) is 146 Å². The normalized spacial score (nSPS) is 11.3. The first-order valence-electron chi connectivity index (χ1n) is 16.4. The van der Waals surface area contributed by atoms with E-state index in [9.17, 15) is 0 Å². The second-order valence-corrected chi connectivity index (χ2v) is 12.1. The molecule has 0 unspecified atom stereocenters. The number of para-hydroxylation sites is 1. The lowest BCUT2D eigenvalue weighted by Gasteiger charge is -2.11. The molecule has 0 aliphatic heterocycles. The first-order valence-corrected chi connectivity index (χ1v) is 16.4. The van der Waals surface area contributed by atoms with Gasteiger partial charge in [0.05, 0.1) is 0 Å². The van der Waals surface area contributed by atoms with Crippen LogP contribution in [-0.4, -0.2) is 15.0 Å². The van der Waals surface area contributed by atoms with Crippen LogP contribution in [0.2, 0.25) is 0 Å². The maximum absolute atomic E-state index is 6.75. The molecule has 0 bridgehead atoms. The van der Waals surface area contributed by atoms with E-state index in [1.54, 1.807) is 0 Å². The molecule has 4 heteroatoms. The number of hydrogen-bond acceptors (Lipinski definition) is 4. The van der Waals surface area contributed by atoms with E-state index in [1.165, 1.54) is 11.1 Å². The molecular weight excluding hydrogens is 599 g/mol. The number of fused-ring (bicyclic) bond motifs is 3. The van der Waals surface area contributed by atoms with Crippen LogP contribution in [0.15, 0.2) is 180 Å². The summed E-state index contributed by atoms with van der Waals surface area (Å²) in [5, 5.41) is 2.11. The van der Waals surface area contributed by atoms with Crippen molar-refractivity contribution in [2.45, 2.75) is 0 Å². The van der Waals surface area contributed by atoms with Gasteiger partial charge in [0.15, 0.2) is 17.5 Å². The number of benzene rings is 7. The Morgan fingerprint density at radius 3 is 1.31 bits per heavy atom. The average molecular weight is 628 g/mol. The molecule has 2 heterocycles. The summed E-state index contributed by atoms with van der Waals surface area (Å²) in [5.41, 5.74) is 11.2. The molecule has 0 atom stereocenters. The zero-order valence-electron chi connectivity index (χ0n) is 26.5. The minimum absolute atomic E-state index is 0.596. The van der Waals surface area contributed by atoms with Crippen LogP contribution in [0, 0.1) is 0 Å². The molecule has 4 nitrogen and oxygen atoms in total. The molecule has 0 aliphatic rings. The maximum Gasteiger partial charge on any atom is 0.164 e. The molecule has 0 N–H and O–H groups in total. The smallest absolute Gasteiger partial charge is 0.164 e. The number of aromatic nitrogens is 3. The van der Waals surface area contributed by atoms with Gasteiger partial charge in [0.1, 0.15) is 11.2 Å². The van der Waals surface area contributed by atoms with Gasteiger partial charge >= 0.3 is 0 Å². The zero-order valence-corrected chi connectivity index (χ0v) is 26.5. The lowest BCUT2D eigenvalue weighted by molar-refractivity contribution is 0.670. The van der Waals surface area contributed by atoms with Crippen LogP contribution >= 0.6 is 0 Å². The van der Waals surface area contributed by atoms with Gasteiger partial charge in [-0.15, -0.1) is 0 Å². The highest BCUT2D eigenvalue weighted by Crippen LogP contribution is 2.40. The van der Waals surface area contributed by atoms with Crippen molar-refractivity contribution in [1.29, 1.82) is 0 Å². The number of nitrogens with zero attached hydrogens (tertiary/aromatic N) is 3. The van der Waals surface area contributed by atoms with Gasteiger partial charge in [0.2, 0.25) is 0 Å². The van der Waals surface area contributed by atoms with Crippen LogP contribution in [0.4, 0.5) is 0 Å². The predicted octanol–water partition coefficient (Wildman–Crippen LogP) is 11.8. The highest BCUT2D eigenvalue weighted by atomic mass is 16.3. The van der Waals surface area contributed by atoms with Crippen molar-refractivity contribution in [3.8, 4) is 67.5 Å². The Kier molecular flexibility index (Phi) is 7.10. The molecule has 9 rings (SSSR count). The van der Waals surface area contributed by atoms with Crippen molar-refractivity contribution in [3.63, 3.8) is 0 Å². The van der Waals surface area contributed by atoms with Gasteiger partial charge in [-0.25, -0.2) is 15.0 Å². The Labute approximate surface area is 284 Å². The quantitative estimate of drug-likeness (QED) is 0.184. The summed E-state index contributed by atoms with van der Waals surface area (Å²) < 4.78 is 6.75. The molecule has 0 saturated carbocycles. The average Bonchev–Trinajstić information content (AvgIpc) is 3.57. The summed E-state index contributed by atoms with van der Waals surface area (Å²) in [4.78, 5) is 14.7. The Hall–Kier alpha value is -6.65. The van der Waals surface area contributed by atoms with Gasteiger partial charge in [-0.3, -0.25) is 0 Å². The number of furan rings is 1. The van der Waals surface area contributed by atoms with Crippen LogP contribution in [0.25, 0.3) is 89.5 Å². The zero-order chi connectivity index (χ0) is 32.6. The molecule has 0 spiro atoms. The Morgan fingerprint density at radius 2 is 0.776 bits per heavy atom. The van der Waals surface area contributed by atoms with Crippen molar-refractivity contribution in [2.24, 2.45) is 0 Å². The fourth-order valence-corrected chi connectivity index (χ4v) is 6.48. The summed E-state index contributed by atoms with van der Waals surface area (Å²) >= 11 is 0. The second-order valence-electron chi connectivity index (χ2n) is 12.1. The van der Waals surface area contributed by atoms with E-state index in [1.807, 2.05) is 66.7 Å². The summed E-state index contributed by atoms with van der Waals surface area (Å²) in [6, 6.07) is 60.6. The Morgan fingerprint density at radius 1 is 0.306 bits per heavy atom. The predicted molar refractivity (Wildman–Crippen MR) is 200 cm³/mol. The summed E-state index contributed by atoms with van der Waals surface area (Å²) in [7, 11) is 0. The summed E-state index contributed by atoms with van der Waals surface area (Å²) in [6.07, 6.45) is 0. The second kappa shape index (κ2) is 12.2. The fraction of sp³-hybridized carbons (Fsp3) is 0. The van der Waals surface area contributed by atoms with Crippen molar-refractivity contribution in [3.05, 3.63) is 176 Å². The van der Waals surface area contributed by atoms with Crippen molar-refractivity contribution in [1.82, 2.24) is 15.0 Å². The largest absolute Gasteiger partial charge is 0.455 e. The van der Waals surface area contributed by atoms with Crippen molar-refractivity contribution in [2.75, 3.05) is 0 Å². The molecule has 230 valence electrons. The molecule has 49 heavy (non-hydrogen) atoms. The first kappa shape index (κ1) is 28.6. The van der Waals surface area contributed by atoms with Crippen molar-refractivity contribution >= 4 is 21.9 Å². The van der Waals surface area contributed by atoms with Crippen LogP contribution in [0.3, 0.4) is 0 Å². The molecule has 0 aliphatic carbocycles. The first-order chi connectivity index (χ1) is 24.3. The summed E-state index contributed by atoms with van der Waals surface area (Å²) in [5.74, 6) is 1.85. The Bertz CT molecular complexity index is 2460. The van der Waals surface area contributed by atoms with E-state index in [4.69, 9.17) is 19.4 Å². The van der Waals surface area contributed by atoms with Crippen LogP contribution in [0.1, 0.15) is 0 Å². The van der Waals surface area contributed by atoms with E-state index in [-0.39, 0.29) is 0 Å². The van der Waals surface area contributed by atoms with Gasteiger partial charge in [-0.05, 0) is 58.1 Å². The van der Waals surface area contributed by atoms with E-state index >= 15 is 0 Å². The van der Waals surface area contributed by atoms with Gasteiger partial charge < -0.3 is 4.42 Å². The minimum Gasteiger partial charge on any atom is -0.455 e. The SMILES string of the molecule is c1ccc(-c2cc(-c3ccccc3)cc(-c3cccc4c3oc3cc(-c5nc(-c6ccccc6)nc(-c6ccccc6)n5)ccc34)c2)cc1. The van der Waals surface area contributed by atoms with Crippen LogP contribution in [0.5, 0.6) is 0 Å². The molecule has 0 saturated heterocycles. The number of rotatable bonds is 6. The molecule has 0 fully saturated rings. The third kappa shape index (κ3) is 5.45. The fourth-order valence-electron chi connectivity index (χ4n) is 6.48. The van der Waals surface area contributed by atoms with E-state index in [0.29, 0.717) is 17.5 Å². The summed E-state index contributed by atoms with van der Waals surface area (Å²) in [6.45, 7) is 0. The van der Waals surface area contributed by atoms with E-state index < -0.39 is 0 Å².